The van der Waals surface area contributed by atoms with Gasteiger partial charge in [0.25, 0.3) is 0 Å². The highest BCUT2D eigenvalue weighted by Gasteiger charge is 2.64. The van der Waals surface area contributed by atoms with Crippen molar-refractivity contribution in [2.24, 2.45) is 0 Å². The van der Waals surface area contributed by atoms with Gasteiger partial charge in [0.05, 0.1) is 5.69 Å². The third-order valence-electron chi connectivity index (χ3n) is 2.82. The second kappa shape index (κ2) is 1.56. The molecule has 0 radical (unpaired) electrons. The molecule has 4 rings (SSSR count). The van der Waals surface area contributed by atoms with Gasteiger partial charge in [-0.05, 0) is 6.07 Å². The topological polar surface area (TPSA) is 38.0 Å². The van der Waals surface area contributed by atoms with Crippen LogP contribution in [0.3, 0.4) is 0 Å². The van der Waals surface area contributed by atoms with Crippen LogP contribution >= 0.6 is 0 Å². The lowest BCUT2D eigenvalue weighted by Gasteiger charge is -2.05. The van der Waals surface area contributed by atoms with E-state index in [0.717, 1.165) is 5.69 Å². The summed E-state index contributed by atoms with van der Waals surface area (Å²) in [5.74, 6) is 0. The van der Waals surface area contributed by atoms with Gasteiger partial charge in [0.2, 0.25) is 0 Å². The van der Waals surface area contributed by atoms with E-state index in [1.54, 1.807) is 0 Å². The second-order valence-electron chi connectivity index (χ2n) is 3.52. The summed E-state index contributed by atoms with van der Waals surface area (Å²) in [7, 11) is 0. The molecule has 3 heterocycles. The highest BCUT2D eigenvalue weighted by molar-refractivity contribution is 5.37. The van der Waals surface area contributed by atoms with E-state index in [2.05, 4.69) is 11.1 Å². The summed E-state index contributed by atoms with van der Waals surface area (Å²) < 4.78 is 11.0. The van der Waals surface area contributed by atoms with Gasteiger partial charge in [-0.2, -0.15) is 0 Å². The Labute approximate surface area is 69.3 Å². The van der Waals surface area contributed by atoms with E-state index in [1.165, 1.54) is 5.56 Å². The molecule has 0 N–H and O–H groups in total. The van der Waals surface area contributed by atoms with Crippen LogP contribution in [0.15, 0.2) is 18.3 Å². The molecule has 60 valence electrons. The van der Waals surface area contributed by atoms with E-state index in [1.807, 2.05) is 12.3 Å². The van der Waals surface area contributed by atoms with Crippen molar-refractivity contribution in [1.82, 2.24) is 4.98 Å². The first kappa shape index (κ1) is 5.67. The molecule has 3 nitrogen and oxygen atoms in total. The Hall–Kier alpha value is -0.930. The zero-order valence-electron chi connectivity index (χ0n) is 6.31. The van der Waals surface area contributed by atoms with E-state index in [-0.39, 0.29) is 12.2 Å². The first-order valence-electron chi connectivity index (χ1n) is 4.21. The van der Waals surface area contributed by atoms with Crippen LogP contribution < -0.4 is 0 Å². The molecule has 0 spiro atoms. The monoisotopic (exact) mass is 161 g/mol. The Morgan fingerprint density at radius 3 is 3.00 bits per heavy atom. The van der Waals surface area contributed by atoms with Crippen LogP contribution in [0.4, 0.5) is 0 Å². The smallest absolute Gasteiger partial charge is 0.129 e. The van der Waals surface area contributed by atoms with Crippen molar-refractivity contribution in [3.63, 3.8) is 0 Å². The SMILES string of the molecule is c1cnc2c(c1)C1OC1[C@H]1O[C@@H]21. The van der Waals surface area contributed by atoms with E-state index >= 15 is 0 Å². The fraction of sp³-hybridized carbons (Fsp3) is 0.444. The number of epoxide rings is 2. The Balaban J connectivity index is 1.99. The first-order chi connectivity index (χ1) is 5.95. The van der Waals surface area contributed by atoms with Crippen LogP contribution in [0.1, 0.15) is 23.5 Å². The molecule has 0 aromatic carbocycles. The minimum atomic E-state index is 0.241. The molecule has 4 atom stereocenters. The highest BCUT2D eigenvalue weighted by Crippen LogP contribution is 2.59. The summed E-state index contributed by atoms with van der Waals surface area (Å²) in [6.45, 7) is 0. The van der Waals surface area contributed by atoms with Crippen molar-refractivity contribution in [1.29, 1.82) is 0 Å². The van der Waals surface area contributed by atoms with Crippen LogP contribution in [-0.4, -0.2) is 17.2 Å². The zero-order valence-corrected chi connectivity index (χ0v) is 6.31. The molecular formula is C9H7NO2. The molecule has 0 bridgehead atoms. The lowest BCUT2D eigenvalue weighted by Crippen LogP contribution is -2.08. The Bertz CT molecular complexity index is 330. The van der Waals surface area contributed by atoms with Crippen LogP contribution in [0.25, 0.3) is 0 Å². The number of rotatable bonds is 0. The quantitative estimate of drug-likeness (QED) is 0.532. The van der Waals surface area contributed by atoms with Crippen molar-refractivity contribution in [2.75, 3.05) is 0 Å². The molecule has 3 heteroatoms. The number of aromatic nitrogens is 1. The van der Waals surface area contributed by atoms with Crippen LogP contribution in [0.2, 0.25) is 0 Å². The van der Waals surface area contributed by atoms with Gasteiger partial charge in [0.1, 0.15) is 24.4 Å². The average molecular weight is 161 g/mol. The van der Waals surface area contributed by atoms with Crippen molar-refractivity contribution >= 4 is 0 Å². The van der Waals surface area contributed by atoms with Gasteiger partial charge < -0.3 is 9.47 Å². The molecule has 3 aliphatic rings. The van der Waals surface area contributed by atoms with Crippen molar-refractivity contribution < 1.29 is 9.47 Å². The average Bonchev–Trinajstić information content (AvgIpc) is 2.98. The summed E-state index contributed by atoms with van der Waals surface area (Å²) >= 11 is 0. The maximum atomic E-state index is 5.49. The van der Waals surface area contributed by atoms with Crippen LogP contribution in [-0.2, 0) is 9.47 Å². The maximum Gasteiger partial charge on any atom is 0.129 e. The third kappa shape index (κ3) is 0.509. The summed E-state index contributed by atoms with van der Waals surface area (Å²) in [5, 5.41) is 0. The summed E-state index contributed by atoms with van der Waals surface area (Å²) in [6, 6.07) is 4.05. The van der Waals surface area contributed by atoms with Gasteiger partial charge in [-0.1, -0.05) is 6.07 Å². The lowest BCUT2D eigenvalue weighted by atomic mass is 9.96. The molecule has 2 fully saturated rings. The van der Waals surface area contributed by atoms with Gasteiger partial charge in [-0.15, -0.1) is 0 Å². The van der Waals surface area contributed by atoms with Crippen molar-refractivity contribution in [3.8, 4) is 0 Å². The summed E-state index contributed by atoms with van der Waals surface area (Å²) in [6.07, 6.45) is 3.01. The minimum Gasteiger partial charge on any atom is -0.361 e. The molecular weight excluding hydrogens is 154 g/mol. The Morgan fingerprint density at radius 1 is 1.17 bits per heavy atom. The number of nitrogens with zero attached hydrogens (tertiary/aromatic N) is 1. The Morgan fingerprint density at radius 2 is 2.00 bits per heavy atom. The molecule has 1 aromatic heterocycles. The number of hydrogen-bond donors (Lipinski definition) is 0. The minimum absolute atomic E-state index is 0.241. The zero-order chi connectivity index (χ0) is 7.71. The molecule has 1 aliphatic carbocycles. The third-order valence-corrected chi connectivity index (χ3v) is 2.82. The van der Waals surface area contributed by atoms with Crippen molar-refractivity contribution in [2.45, 2.75) is 24.4 Å². The molecule has 0 amide bonds. The number of fused-ring (bicyclic) bond motifs is 6. The molecule has 2 aliphatic heterocycles. The van der Waals surface area contributed by atoms with E-state index in [0.29, 0.717) is 12.2 Å². The van der Waals surface area contributed by atoms with Crippen LogP contribution in [0.5, 0.6) is 0 Å². The number of ether oxygens (including phenoxy) is 2. The van der Waals surface area contributed by atoms with E-state index in [4.69, 9.17) is 9.47 Å². The number of pyridine rings is 1. The van der Waals surface area contributed by atoms with Crippen LogP contribution in [0, 0.1) is 0 Å². The molecule has 2 unspecified atom stereocenters. The van der Waals surface area contributed by atoms with Gasteiger partial charge in [0, 0.05) is 11.8 Å². The standard InChI is InChI=1S/C9H7NO2/c1-2-4-5(10-3-1)7-9(12-7)8-6(4)11-8/h1-3,6-9H/t6?,7-,8?,9-/m0/s1. The predicted molar refractivity (Wildman–Crippen MR) is 39.5 cm³/mol. The van der Waals surface area contributed by atoms with E-state index in [9.17, 15) is 0 Å². The van der Waals surface area contributed by atoms with Gasteiger partial charge in [0.15, 0.2) is 0 Å². The molecule has 2 saturated heterocycles. The van der Waals surface area contributed by atoms with Crippen molar-refractivity contribution in [3.05, 3.63) is 29.6 Å². The lowest BCUT2D eigenvalue weighted by molar-refractivity contribution is 0.303. The molecule has 0 saturated carbocycles. The second-order valence-corrected chi connectivity index (χ2v) is 3.52. The van der Waals surface area contributed by atoms with Gasteiger partial charge >= 0.3 is 0 Å². The first-order valence-corrected chi connectivity index (χ1v) is 4.21. The largest absolute Gasteiger partial charge is 0.361 e. The molecule has 12 heavy (non-hydrogen) atoms. The maximum absolute atomic E-state index is 5.49. The van der Waals surface area contributed by atoms with Gasteiger partial charge in [-0.25, -0.2) is 0 Å². The summed E-state index contributed by atoms with van der Waals surface area (Å²) in [5.41, 5.74) is 2.34. The van der Waals surface area contributed by atoms with E-state index < -0.39 is 0 Å². The molecule has 1 aromatic rings. The normalized spacial score (nSPS) is 45.7. The number of hydrogen-bond acceptors (Lipinski definition) is 3. The predicted octanol–water partition coefficient (Wildman–Crippen LogP) is 0.975. The van der Waals surface area contributed by atoms with Gasteiger partial charge in [-0.3, -0.25) is 4.98 Å². The fourth-order valence-electron chi connectivity index (χ4n) is 2.13. The fourth-order valence-corrected chi connectivity index (χ4v) is 2.13. The summed E-state index contributed by atoms with van der Waals surface area (Å²) in [4.78, 5) is 4.31. The Kier molecular flexibility index (Phi) is 0.736. The highest BCUT2D eigenvalue weighted by atomic mass is 16.7.